The van der Waals surface area contributed by atoms with Crippen molar-refractivity contribution in [3.8, 4) is 5.75 Å². The minimum Gasteiger partial charge on any atom is -0.406 e. The summed E-state index contributed by atoms with van der Waals surface area (Å²) in [5, 5.41) is 4.29. The van der Waals surface area contributed by atoms with E-state index in [1.165, 1.54) is 23.1 Å². The van der Waals surface area contributed by atoms with Crippen molar-refractivity contribution in [2.24, 2.45) is 0 Å². The highest BCUT2D eigenvalue weighted by Gasteiger charge is 2.30. The van der Waals surface area contributed by atoms with Crippen molar-refractivity contribution < 1.29 is 17.9 Å². The predicted octanol–water partition coefficient (Wildman–Crippen LogP) is 4.38. The topological polar surface area (TPSA) is 37.0 Å². The third-order valence-electron chi connectivity index (χ3n) is 3.76. The Morgan fingerprint density at radius 3 is 2.42 bits per heavy atom. The molecule has 0 saturated heterocycles. The van der Waals surface area contributed by atoms with Gasteiger partial charge in [-0.25, -0.2) is 0 Å². The quantitative estimate of drug-likeness (QED) is 0.727. The van der Waals surface area contributed by atoms with Crippen LogP contribution >= 0.6 is 0 Å². The second-order valence-corrected chi connectivity index (χ2v) is 5.59. The zero-order chi connectivity index (χ0) is 17.2. The fourth-order valence-electron chi connectivity index (χ4n) is 2.72. The van der Waals surface area contributed by atoms with Crippen LogP contribution in [-0.4, -0.2) is 18.4 Å². The van der Waals surface area contributed by atoms with Gasteiger partial charge in [0.15, 0.2) is 0 Å². The predicted molar refractivity (Wildman–Crippen MR) is 87.0 cm³/mol. The van der Waals surface area contributed by atoms with Crippen LogP contribution < -0.4 is 10.1 Å². The van der Waals surface area contributed by atoms with Gasteiger partial charge in [0.1, 0.15) is 5.75 Å². The van der Waals surface area contributed by atoms with Crippen molar-refractivity contribution in [3.05, 3.63) is 65.4 Å². The van der Waals surface area contributed by atoms with Crippen molar-refractivity contribution in [1.29, 1.82) is 0 Å². The van der Waals surface area contributed by atoms with Gasteiger partial charge in [-0.1, -0.05) is 24.3 Å². The molecule has 2 N–H and O–H groups in total. The standard InChI is InChI=1S/C18H17F3N2O/c1-22-10-14-11-23-17-9-13(4-7-16(14)17)8-12-2-5-15(6-3-12)24-18(19,20)21/h2-7,9,11,22-23H,8,10H2,1H3. The van der Waals surface area contributed by atoms with Crippen LogP contribution in [0.1, 0.15) is 16.7 Å². The van der Waals surface area contributed by atoms with Gasteiger partial charge in [-0.15, -0.1) is 13.2 Å². The highest BCUT2D eigenvalue weighted by Crippen LogP contribution is 2.24. The molecule has 24 heavy (non-hydrogen) atoms. The van der Waals surface area contributed by atoms with E-state index in [0.29, 0.717) is 6.42 Å². The van der Waals surface area contributed by atoms with Crippen LogP contribution in [0.3, 0.4) is 0 Å². The maximum absolute atomic E-state index is 12.2. The lowest BCUT2D eigenvalue weighted by Crippen LogP contribution is -2.17. The lowest BCUT2D eigenvalue weighted by atomic mass is 10.0. The van der Waals surface area contributed by atoms with Gasteiger partial charge in [0.05, 0.1) is 0 Å². The summed E-state index contributed by atoms with van der Waals surface area (Å²) < 4.78 is 40.4. The van der Waals surface area contributed by atoms with E-state index in [1.54, 1.807) is 12.1 Å². The molecule has 1 heterocycles. The van der Waals surface area contributed by atoms with Crippen LogP contribution in [0.4, 0.5) is 13.2 Å². The number of fused-ring (bicyclic) bond motifs is 1. The molecule has 0 radical (unpaired) electrons. The van der Waals surface area contributed by atoms with Crippen molar-refractivity contribution >= 4 is 10.9 Å². The molecular weight excluding hydrogens is 317 g/mol. The number of halogens is 3. The minimum absolute atomic E-state index is 0.206. The molecule has 3 nitrogen and oxygen atoms in total. The first-order valence-corrected chi connectivity index (χ1v) is 7.53. The number of ether oxygens (including phenoxy) is 1. The van der Waals surface area contributed by atoms with Crippen LogP contribution in [-0.2, 0) is 13.0 Å². The van der Waals surface area contributed by atoms with Crippen molar-refractivity contribution in [1.82, 2.24) is 10.3 Å². The maximum atomic E-state index is 12.2. The summed E-state index contributed by atoms with van der Waals surface area (Å²) in [5.74, 6) is -0.206. The number of aromatic nitrogens is 1. The summed E-state index contributed by atoms with van der Waals surface area (Å²) in [5.41, 5.74) is 4.26. The van der Waals surface area contributed by atoms with Crippen molar-refractivity contribution in [3.63, 3.8) is 0 Å². The lowest BCUT2D eigenvalue weighted by Gasteiger charge is -2.09. The van der Waals surface area contributed by atoms with Gasteiger partial charge in [0, 0.05) is 23.6 Å². The zero-order valence-corrected chi connectivity index (χ0v) is 13.1. The van der Waals surface area contributed by atoms with E-state index < -0.39 is 6.36 Å². The number of hydrogen-bond donors (Lipinski definition) is 2. The Morgan fingerprint density at radius 2 is 1.75 bits per heavy atom. The first-order valence-electron chi connectivity index (χ1n) is 7.53. The van der Waals surface area contributed by atoms with Crippen LogP contribution in [0.25, 0.3) is 10.9 Å². The Bertz CT molecular complexity index is 822. The maximum Gasteiger partial charge on any atom is 0.573 e. The number of rotatable bonds is 5. The first-order chi connectivity index (χ1) is 11.4. The minimum atomic E-state index is -4.66. The molecule has 0 aliphatic carbocycles. The number of aromatic amines is 1. The first kappa shape index (κ1) is 16.4. The Morgan fingerprint density at radius 1 is 1.04 bits per heavy atom. The second kappa shape index (κ2) is 6.57. The number of nitrogens with one attached hydrogen (secondary N) is 2. The van der Waals surface area contributed by atoms with Crippen molar-refractivity contribution in [2.75, 3.05) is 7.05 Å². The molecule has 0 unspecified atom stereocenters. The monoisotopic (exact) mass is 334 g/mol. The second-order valence-electron chi connectivity index (χ2n) is 5.59. The molecule has 0 aliphatic heterocycles. The Balaban J connectivity index is 1.75. The molecule has 0 bridgehead atoms. The molecule has 0 fully saturated rings. The van der Waals surface area contributed by atoms with Gasteiger partial charge in [0.2, 0.25) is 0 Å². The Labute approximate surface area is 137 Å². The fraction of sp³-hybridized carbons (Fsp3) is 0.222. The molecule has 126 valence electrons. The van der Waals surface area contributed by atoms with Gasteiger partial charge in [-0.3, -0.25) is 0 Å². The SMILES string of the molecule is CNCc1c[nH]c2cc(Cc3ccc(OC(F)(F)F)cc3)ccc12. The third-order valence-corrected chi connectivity index (χ3v) is 3.76. The molecule has 2 aromatic carbocycles. The molecule has 0 atom stereocenters. The van der Waals surface area contributed by atoms with Gasteiger partial charge in [-0.2, -0.15) is 0 Å². The van der Waals surface area contributed by atoms with E-state index in [0.717, 1.165) is 23.2 Å². The van der Waals surface area contributed by atoms with E-state index in [9.17, 15) is 13.2 Å². The highest BCUT2D eigenvalue weighted by atomic mass is 19.4. The van der Waals surface area contributed by atoms with Crippen molar-refractivity contribution in [2.45, 2.75) is 19.3 Å². The molecule has 0 aliphatic rings. The summed E-state index contributed by atoms with van der Waals surface area (Å²) in [6, 6.07) is 12.1. The van der Waals surface area contributed by atoms with Crippen LogP contribution in [0.2, 0.25) is 0 Å². The van der Waals surface area contributed by atoms with E-state index in [1.807, 2.05) is 19.3 Å². The fourth-order valence-corrected chi connectivity index (χ4v) is 2.72. The molecule has 0 amide bonds. The zero-order valence-electron chi connectivity index (χ0n) is 13.1. The van der Waals surface area contributed by atoms with Gasteiger partial charge in [0.25, 0.3) is 0 Å². The summed E-state index contributed by atoms with van der Waals surface area (Å²) in [6.07, 6.45) is -2.04. The van der Waals surface area contributed by atoms with E-state index in [-0.39, 0.29) is 5.75 Å². The normalized spacial score (nSPS) is 11.8. The van der Waals surface area contributed by atoms with E-state index >= 15 is 0 Å². The van der Waals surface area contributed by atoms with Crippen LogP contribution in [0.15, 0.2) is 48.7 Å². The number of benzene rings is 2. The summed E-state index contributed by atoms with van der Waals surface area (Å²) in [6.45, 7) is 0.792. The van der Waals surface area contributed by atoms with Crippen LogP contribution in [0.5, 0.6) is 5.75 Å². The smallest absolute Gasteiger partial charge is 0.406 e. The summed E-state index contributed by atoms with van der Waals surface area (Å²) in [7, 11) is 1.90. The molecule has 3 aromatic rings. The molecule has 0 saturated carbocycles. The van der Waals surface area contributed by atoms with E-state index in [2.05, 4.69) is 27.2 Å². The Kier molecular flexibility index (Phi) is 4.49. The average molecular weight is 334 g/mol. The molecule has 3 rings (SSSR count). The molecule has 0 spiro atoms. The third kappa shape index (κ3) is 3.89. The largest absolute Gasteiger partial charge is 0.573 e. The average Bonchev–Trinajstić information content (AvgIpc) is 2.91. The van der Waals surface area contributed by atoms with E-state index in [4.69, 9.17) is 0 Å². The molecular formula is C18H17F3N2O. The summed E-state index contributed by atoms with van der Waals surface area (Å²) in [4.78, 5) is 3.25. The molecule has 6 heteroatoms. The van der Waals surface area contributed by atoms with Gasteiger partial charge >= 0.3 is 6.36 Å². The highest BCUT2D eigenvalue weighted by molar-refractivity contribution is 5.83. The summed E-state index contributed by atoms with van der Waals surface area (Å²) >= 11 is 0. The van der Waals surface area contributed by atoms with Gasteiger partial charge < -0.3 is 15.0 Å². The lowest BCUT2D eigenvalue weighted by molar-refractivity contribution is -0.274. The number of alkyl halides is 3. The number of H-pyrrole nitrogens is 1. The molecule has 1 aromatic heterocycles. The number of hydrogen-bond acceptors (Lipinski definition) is 2. The van der Waals surface area contributed by atoms with Crippen LogP contribution in [0, 0.1) is 0 Å². The van der Waals surface area contributed by atoms with Gasteiger partial charge in [-0.05, 0) is 48.4 Å². The Hall–Kier alpha value is -2.47.